The zero-order valence-corrected chi connectivity index (χ0v) is 15.6. The summed E-state index contributed by atoms with van der Waals surface area (Å²) in [5.74, 6) is 0.836. The summed E-state index contributed by atoms with van der Waals surface area (Å²) in [5, 5.41) is 4.70. The molecule has 0 radical (unpaired) electrons. The first kappa shape index (κ1) is 16.6. The lowest BCUT2D eigenvalue weighted by Gasteiger charge is -2.03. The highest BCUT2D eigenvalue weighted by Crippen LogP contribution is 2.49. The maximum Gasteiger partial charge on any atom is 0.229 e. The Bertz CT molecular complexity index is 953. The summed E-state index contributed by atoms with van der Waals surface area (Å²) in [7, 11) is 1.63. The number of nitrogens with one attached hydrogen (secondary N) is 1. The van der Waals surface area contributed by atoms with Gasteiger partial charge in [0, 0.05) is 16.0 Å². The van der Waals surface area contributed by atoms with E-state index < -0.39 is 0 Å². The van der Waals surface area contributed by atoms with E-state index in [0.29, 0.717) is 15.2 Å². The molecule has 2 unspecified atom stereocenters. The van der Waals surface area contributed by atoms with Crippen molar-refractivity contribution in [3.63, 3.8) is 0 Å². The summed E-state index contributed by atoms with van der Waals surface area (Å²) in [6, 6.07) is 11.1. The molecule has 1 N–H and O–H groups in total. The third-order valence-corrected chi connectivity index (χ3v) is 5.64. The second-order valence-electron chi connectivity index (χ2n) is 5.99. The molecule has 0 bridgehead atoms. The first-order valence-corrected chi connectivity index (χ1v) is 9.32. The number of nitrogens with zero attached hydrogens (tertiary/aromatic N) is 1. The lowest BCUT2D eigenvalue weighted by molar-refractivity contribution is -0.117. The van der Waals surface area contributed by atoms with Crippen LogP contribution in [0.5, 0.6) is 5.75 Å². The molecule has 3 aromatic rings. The average Bonchev–Trinajstić information content (AvgIpc) is 3.28. The largest absolute Gasteiger partial charge is 0.497 e. The second-order valence-corrected chi connectivity index (χ2v) is 7.90. The first-order chi connectivity index (χ1) is 12.0. The number of carbonyl (C=O) groups excluding carboxylic acids is 1. The van der Waals surface area contributed by atoms with E-state index >= 15 is 0 Å². The number of thiazole rings is 1. The van der Waals surface area contributed by atoms with E-state index in [4.69, 9.17) is 27.9 Å². The van der Waals surface area contributed by atoms with Crippen LogP contribution in [0.3, 0.4) is 0 Å². The molecule has 1 aromatic heterocycles. The van der Waals surface area contributed by atoms with Crippen LogP contribution in [0, 0.1) is 5.92 Å². The maximum atomic E-state index is 12.5. The molecule has 1 aliphatic rings. The summed E-state index contributed by atoms with van der Waals surface area (Å²) in [5.41, 5.74) is 1.85. The number of fused-ring (bicyclic) bond motifs is 1. The maximum absolute atomic E-state index is 12.5. The summed E-state index contributed by atoms with van der Waals surface area (Å²) in [6.45, 7) is 0. The Kier molecular flexibility index (Phi) is 4.31. The fraction of sp³-hybridized carbons (Fsp3) is 0.222. The number of ether oxygens (including phenoxy) is 1. The number of methoxy groups -OCH3 is 1. The van der Waals surface area contributed by atoms with Crippen LogP contribution in [0.15, 0.2) is 36.4 Å². The van der Waals surface area contributed by atoms with Crippen LogP contribution in [0.4, 0.5) is 5.13 Å². The third-order valence-electron chi connectivity index (χ3n) is 4.27. The number of hydrogen-bond donors (Lipinski definition) is 1. The minimum Gasteiger partial charge on any atom is -0.497 e. The van der Waals surface area contributed by atoms with E-state index in [9.17, 15) is 4.79 Å². The van der Waals surface area contributed by atoms with Crippen LogP contribution < -0.4 is 10.1 Å². The molecule has 0 spiro atoms. The number of anilines is 1. The minimum absolute atomic E-state index is 0.0212. The normalized spacial score (nSPS) is 19.0. The summed E-state index contributed by atoms with van der Waals surface area (Å²) in [6.07, 6.45) is 0.793. The molecule has 2 aromatic carbocycles. The molecule has 1 fully saturated rings. The van der Waals surface area contributed by atoms with Crippen LogP contribution >= 0.6 is 34.5 Å². The molecular weight excluding hydrogens is 379 g/mol. The molecule has 4 rings (SSSR count). The van der Waals surface area contributed by atoms with Gasteiger partial charge < -0.3 is 10.1 Å². The zero-order chi connectivity index (χ0) is 17.6. The Hall–Kier alpha value is -1.82. The smallest absolute Gasteiger partial charge is 0.229 e. The van der Waals surface area contributed by atoms with Crippen molar-refractivity contribution in [3.8, 4) is 5.75 Å². The van der Waals surface area contributed by atoms with Crippen molar-refractivity contribution >= 4 is 55.8 Å². The Balaban J connectivity index is 1.48. The Labute approximate surface area is 158 Å². The number of halogens is 2. The number of hydrogen-bond acceptors (Lipinski definition) is 4. The van der Waals surface area contributed by atoms with Gasteiger partial charge in [0.2, 0.25) is 5.91 Å². The van der Waals surface area contributed by atoms with Gasteiger partial charge in [-0.2, -0.15) is 0 Å². The standard InChI is InChI=1S/C18H14Cl2N2O2S/c1-24-12-2-3-15-16(7-12)25-18(21-15)22-17(23)14-8-13(14)9-4-10(19)6-11(20)5-9/h2-7,13-14H,8H2,1H3,(H,21,22,23). The summed E-state index contributed by atoms with van der Waals surface area (Å²) >= 11 is 13.5. The zero-order valence-electron chi connectivity index (χ0n) is 13.3. The first-order valence-electron chi connectivity index (χ1n) is 7.75. The molecule has 1 amide bonds. The Morgan fingerprint density at radius 3 is 2.72 bits per heavy atom. The highest BCUT2D eigenvalue weighted by Gasteiger charge is 2.44. The van der Waals surface area contributed by atoms with E-state index in [0.717, 1.165) is 28.0 Å². The van der Waals surface area contributed by atoms with Crippen LogP contribution in [-0.2, 0) is 4.79 Å². The fourth-order valence-electron chi connectivity index (χ4n) is 2.93. The minimum atomic E-state index is -0.0731. The van der Waals surface area contributed by atoms with Gasteiger partial charge in [-0.3, -0.25) is 4.79 Å². The third kappa shape index (κ3) is 3.45. The van der Waals surface area contributed by atoms with E-state index in [1.165, 1.54) is 11.3 Å². The molecule has 4 nitrogen and oxygen atoms in total. The molecule has 1 aliphatic carbocycles. The van der Waals surface area contributed by atoms with Crippen molar-refractivity contribution in [1.29, 1.82) is 0 Å². The number of amides is 1. The highest BCUT2D eigenvalue weighted by molar-refractivity contribution is 7.22. The molecular formula is C18H14Cl2N2O2S. The SMILES string of the molecule is COc1ccc2nc(NC(=O)C3CC3c3cc(Cl)cc(Cl)c3)sc2c1. The lowest BCUT2D eigenvalue weighted by Crippen LogP contribution is -2.14. The van der Waals surface area contributed by atoms with Crippen LogP contribution in [0.25, 0.3) is 10.2 Å². The van der Waals surface area contributed by atoms with E-state index in [1.54, 1.807) is 13.2 Å². The van der Waals surface area contributed by atoms with Crippen LogP contribution in [0.1, 0.15) is 17.9 Å². The molecule has 128 valence electrons. The lowest BCUT2D eigenvalue weighted by atomic mass is 10.1. The highest BCUT2D eigenvalue weighted by atomic mass is 35.5. The van der Waals surface area contributed by atoms with E-state index in [-0.39, 0.29) is 17.7 Å². The predicted octanol–water partition coefficient (Wildman–Crippen LogP) is 5.35. The topological polar surface area (TPSA) is 51.2 Å². The van der Waals surface area contributed by atoms with Gasteiger partial charge in [0.25, 0.3) is 0 Å². The monoisotopic (exact) mass is 392 g/mol. The van der Waals surface area contributed by atoms with Gasteiger partial charge in [-0.25, -0.2) is 4.98 Å². The van der Waals surface area contributed by atoms with Crippen molar-refractivity contribution in [2.24, 2.45) is 5.92 Å². The Morgan fingerprint density at radius 1 is 1.24 bits per heavy atom. The van der Waals surface area contributed by atoms with E-state index in [2.05, 4.69) is 10.3 Å². The van der Waals surface area contributed by atoms with Gasteiger partial charge in [0.05, 0.1) is 17.3 Å². The van der Waals surface area contributed by atoms with Crippen LogP contribution in [0.2, 0.25) is 10.0 Å². The predicted molar refractivity (Wildman–Crippen MR) is 102 cm³/mol. The van der Waals surface area contributed by atoms with Crippen molar-refractivity contribution in [2.75, 3.05) is 12.4 Å². The Morgan fingerprint density at radius 2 is 2.00 bits per heavy atom. The van der Waals surface area contributed by atoms with Gasteiger partial charge in [-0.05, 0) is 54.3 Å². The van der Waals surface area contributed by atoms with E-state index in [1.807, 2.05) is 30.3 Å². The number of rotatable bonds is 4. The van der Waals surface area contributed by atoms with Gasteiger partial charge in [-0.1, -0.05) is 34.5 Å². The van der Waals surface area contributed by atoms with Gasteiger partial charge >= 0.3 is 0 Å². The second kappa shape index (κ2) is 6.48. The molecule has 1 heterocycles. The van der Waals surface area contributed by atoms with Gasteiger partial charge in [-0.15, -0.1) is 0 Å². The molecule has 0 aliphatic heterocycles. The number of benzene rings is 2. The summed E-state index contributed by atoms with van der Waals surface area (Å²) < 4.78 is 6.19. The summed E-state index contributed by atoms with van der Waals surface area (Å²) in [4.78, 5) is 16.9. The van der Waals surface area contributed by atoms with Crippen molar-refractivity contribution in [1.82, 2.24) is 4.98 Å². The molecule has 1 saturated carbocycles. The number of carbonyl (C=O) groups is 1. The average molecular weight is 393 g/mol. The number of aromatic nitrogens is 1. The molecule has 25 heavy (non-hydrogen) atoms. The van der Waals surface area contributed by atoms with Crippen LogP contribution in [-0.4, -0.2) is 18.0 Å². The van der Waals surface area contributed by atoms with Crippen molar-refractivity contribution in [3.05, 3.63) is 52.0 Å². The quantitative estimate of drug-likeness (QED) is 0.650. The van der Waals surface area contributed by atoms with Crippen molar-refractivity contribution < 1.29 is 9.53 Å². The molecule has 7 heteroatoms. The van der Waals surface area contributed by atoms with Crippen molar-refractivity contribution in [2.45, 2.75) is 12.3 Å². The molecule has 2 atom stereocenters. The van der Waals surface area contributed by atoms with Gasteiger partial charge in [0.1, 0.15) is 5.75 Å². The van der Waals surface area contributed by atoms with Gasteiger partial charge in [0.15, 0.2) is 5.13 Å². The fourth-order valence-corrected chi connectivity index (χ4v) is 4.37. The molecule has 0 saturated heterocycles.